The molecule has 3 aliphatic rings. The van der Waals surface area contributed by atoms with Crippen molar-refractivity contribution >= 4 is 17.8 Å². The van der Waals surface area contributed by atoms with E-state index in [-0.39, 0.29) is 42.4 Å². The molecule has 1 spiro atoms. The first-order valence-electron chi connectivity index (χ1n) is 14.0. The molecule has 3 aliphatic heterocycles. The molecule has 0 aromatic heterocycles. The zero-order chi connectivity index (χ0) is 28.9. The third-order valence-electron chi connectivity index (χ3n) is 8.01. The lowest BCUT2D eigenvalue weighted by atomic mass is 9.81. The Morgan fingerprint density at radius 1 is 1.18 bits per heavy atom. The molecule has 3 saturated heterocycles. The summed E-state index contributed by atoms with van der Waals surface area (Å²) >= 11 is 0. The number of aliphatic hydroxyl groups is 1. The molecule has 3 rings (SSSR count). The van der Waals surface area contributed by atoms with E-state index in [1.807, 2.05) is 20.8 Å². The van der Waals surface area contributed by atoms with Gasteiger partial charge in [0.25, 0.3) is 0 Å². The van der Waals surface area contributed by atoms with E-state index in [0.29, 0.717) is 19.4 Å². The lowest BCUT2D eigenvalue weighted by Crippen LogP contribution is -2.53. The average molecular weight is 552 g/mol. The maximum absolute atomic E-state index is 12.4. The van der Waals surface area contributed by atoms with Crippen LogP contribution >= 0.6 is 0 Å². The molecule has 220 valence electrons. The Morgan fingerprint density at radius 3 is 2.49 bits per heavy atom. The van der Waals surface area contributed by atoms with E-state index < -0.39 is 42.0 Å². The molecule has 0 aromatic carbocycles. The van der Waals surface area contributed by atoms with Crippen LogP contribution in [-0.4, -0.2) is 82.9 Å². The predicted octanol–water partition coefficient (Wildman–Crippen LogP) is 2.92. The molecule has 3 N–H and O–H groups in total. The summed E-state index contributed by atoms with van der Waals surface area (Å²) in [5.74, 6) is -1.36. The van der Waals surface area contributed by atoms with Gasteiger partial charge in [-0.3, -0.25) is 14.4 Å². The quantitative estimate of drug-likeness (QED) is 0.153. The molecule has 1 unspecified atom stereocenters. The number of carbonyl (C=O) groups excluding carboxylic acids is 2. The second kappa shape index (κ2) is 13.4. The third-order valence-corrected chi connectivity index (χ3v) is 8.01. The number of hydrogen-bond acceptors (Lipinski definition) is 8. The van der Waals surface area contributed by atoms with Crippen molar-refractivity contribution in [3.05, 3.63) is 23.8 Å². The zero-order valence-corrected chi connectivity index (χ0v) is 23.9. The number of carbonyl (C=O) groups is 3. The first-order chi connectivity index (χ1) is 18.3. The molecule has 0 radical (unpaired) electrons. The number of epoxide rings is 1. The second-order valence-electron chi connectivity index (χ2n) is 11.7. The number of nitrogens with one attached hydrogen (secondary N) is 1. The number of hydrogen-bond donors (Lipinski definition) is 3. The summed E-state index contributed by atoms with van der Waals surface area (Å²) in [5.41, 5.74) is 0.481. The molecule has 10 atom stereocenters. The van der Waals surface area contributed by atoms with Gasteiger partial charge in [0.1, 0.15) is 17.8 Å². The Labute approximate surface area is 231 Å². The highest BCUT2D eigenvalue weighted by Crippen LogP contribution is 2.45. The normalized spacial score (nSPS) is 36.4. The lowest BCUT2D eigenvalue weighted by molar-refractivity contribution is -0.177. The van der Waals surface area contributed by atoms with E-state index in [4.69, 9.17) is 18.9 Å². The number of esters is 1. The first kappa shape index (κ1) is 31.3. The van der Waals surface area contributed by atoms with Crippen LogP contribution in [0.3, 0.4) is 0 Å². The molecule has 0 bridgehead atoms. The molecule has 1 amide bonds. The fourth-order valence-corrected chi connectivity index (χ4v) is 5.78. The van der Waals surface area contributed by atoms with Crippen molar-refractivity contribution < 1.29 is 43.5 Å². The number of aliphatic carboxylic acids is 1. The number of carboxylic acid groups (broad SMARTS) is 1. The summed E-state index contributed by atoms with van der Waals surface area (Å²) in [6.07, 6.45) is 5.25. The van der Waals surface area contributed by atoms with Crippen molar-refractivity contribution in [1.29, 1.82) is 0 Å². The number of allylic oxidation sites excluding steroid dienone is 1. The van der Waals surface area contributed by atoms with Gasteiger partial charge in [0.2, 0.25) is 5.91 Å². The van der Waals surface area contributed by atoms with Crippen LogP contribution in [-0.2, 0) is 33.3 Å². The molecule has 10 nitrogen and oxygen atoms in total. The Kier molecular flexibility index (Phi) is 10.7. The molecular weight excluding hydrogens is 506 g/mol. The van der Waals surface area contributed by atoms with Gasteiger partial charge in [0, 0.05) is 19.4 Å². The summed E-state index contributed by atoms with van der Waals surface area (Å²) < 4.78 is 22.9. The van der Waals surface area contributed by atoms with Crippen molar-refractivity contribution in [2.24, 2.45) is 11.8 Å². The third kappa shape index (κ3) is 8.86. The van der Waals surface area contributed by atoms with E-state index in [0.717, 1.165) is 18.4 Å². The van der Waals surface area contributed by atoms with Gasteiger partial charge in [-0.05, 0) is 57.9 Å². The van der Waals surface area contributed by atoms with E-state index in [2.05, 4.69) is 18.3 Å². The van der Waals surface area contributed by atoms with Crippen LogP contribution in [0.5, 0.6) is 0 Å². The van der Waals surface area contributed by atoms with Gasteiger partial charge >= 0.3 is 11.9 Å². The Morgan fingerprint density at radius 2 is 1.87 bits per heavy atom. The smallest absolute Gasteiger partial charge is 0.305 e. The monoisotopic (exact) mass is 551 g/mol. The topological polar surface area (TPSA) is 144 Å². The van der Waals surface area contributed by atoms with Crippen LogP contribution in [0.1, 0.15) is 73.6 Å². The molecule has 3 heterocycles. The highest BCUT2D eigenvalue weighted by atomic mass is 16.6. The van der Waals surface area contributed by atoms with Gasteiger partial charge in [-0.2, -0.15) is 0 Å². The summed E-state index contributed by atoms with van der Waals surface area (Å²) in [6.45, 7) is 11.6. The van der Waals surface area contributed by atoms with Crippen LogP contribution in [0.2, 0.25) is 0 Å². The van der Waals surface area contributed by atoms with E-state index in [9.17, 15) is 24.6 Å². The summed E-state index contributed by atoms with van der Waals surface area (Å²) in [5, 5.41) is 23.1. The fourth-order valence-electron chi connectivity index (χ4n) is 5.78. The Hall–Kier alpha value is -2.27. The van der Waals surface area contributed by atoms with E-state index in [1.54, 1.807) is 13.0 Å². The van der Waals surface area contributed by atoms with Gasteiger partial charge in [0.05, 0.1) is 43.5 Å². The van der Waals surface area contributed by atoms with E-state index >= 15 is 0 Å². The Balaban J connectivity index is 1.49. The van der Waals surface area contributed by atoms with Crippen LogP contribution in [0.25, 0.3) is 0 Å². The molecule has 0 aliphatic carbocycles. The van der Waals surface area contributed by atoms with Crippen LogP contribution in [0.4, 0.5) is 0 Å². The number of rotatable bonds is 11. The minimum absolute atomic E-state index is 0.0116. The molecule has 10 heteroatoms. The predicted molar refractivity (Wildman–Crippen MR) is 143 cm³/mol. The van der Waals surface area contributed by atoms with Gasteiger partial charge < -0.3 is 34.5 Å². The highest BCUT2D eigenvalue weighted by molar-refractivity contribution is 5.87. The summed E-state index contributed by atoms with van der Waals surface area (Å²) in [6, 6.07) is -0.122. The van der Waals surface area contributed by atoms with E-state index in [1.165, 1.54) is 13.0 Å². The molecule has 39 heavy (non-hydrogen) atoms. The van der Waals surface area contributed by atoms with Gasteiger partial charge in [-0.15, -0.1) is 0 Å². The van der Waals surface area contributed by atoms with Crippen molar-refractivity contribution in [2.45, 2.75) is 122 Å². The molecule has 0 saturated carbocycles. The first-order valence-corrected chi connectivity index (χ1v) is 14.0. The molecule has 3 fully saturated rings. The summed E-state index contributed by atoms with van der Waals surface area (Å²) in [7, 11) is 0. The van der Waals surface area contributed by atoms with Crippen molar-refractivity contribution in [3.8, 4) is 0 Å². The maximum atomic E-state index is 12.4. The zero-order valence-electron chi connectivity index (χ0n) is 23.9. The Bertz CT molecular complexity index is 943. The van der Waals surface area contributed by atoms with Crippen LogP contribution in [0, 0.1) is 11.8 Å². The lowest BCUT2D eigenvalue weighted by Gasteiger charge is -2.41. The van der Waals surface area contributed by atoms with Gasteiger partial charge in [-0.1, -0.05) is 25.5 Å². The maximum Gasteiger partial charge on any atom is 0.305 e. The number of amides is 1. The SMILES string of the molecule is CC(=O)O[C@@H](C)/C=C\C(=O)N[C@@H]1C[C@H](C)[C@H](C/C=C(\C)CC(C)[C@H]2O[C@H](CC(=O)O)C[C@@]3(CO3)[C@@H]2O)O[C@@H]1C. The number of carboxylic acids is 1. The fraction of sp³-hybridized carbons (Fsp3) is 0.759. The average Bonchev–Trinajstić information content (AvgIpc) is 3.60. The van der Waals surface area contributed by atoms with Crippen molar-refractivity contribution in [3.63, 3.8) is 0 Å². The standard InChI is InChI=1S/C29H45NO9/c1-16(11-18(3)27-28(35)29(15-36-29)14-22(39-27)13-26(33)34)7-9-24-17(2)12-23(20(5)38-24)30-25(32)10-8-19(4)37-21(6)31/h7-8,10,17-20,22-24,27-28,35H,9,11-15H2,1-6H3,(H,30,32)(H,33,34)/b10-8-,16-7+/t17-,18?,19-,20+,22+,23+,24-,27+,28+,29+/m0/s1. The van der Waals surface area contributed by atoms with Gasteiger partial charge in [0.15, 0.2) is 0 Å². The minimum Gasteiger partial charge on any atom is -0.481 e. The summed E-state index contributed by atoms with van der Waals surface area (Å²) in [4.78, 5) is 34.6. The second-order valence-corrected chi connectivity index (χ2v) is 11.7. The molecule has 0 aromatic rings. The van der Waals surface area contributed by atoms with Crippen LogP contribution in [0.15, 0.2) is 23.8 Å². The van der Waals surface area contributed by atoms with Gasteiger partial charge in [-0.25, -0.2) is 0 Å². The highest BCUT2D eigenvalue weighted by Gasteiger charge is 2.59. The largest absolute Gasteiger partial charge is 0.481 e. The van der Waals surface area contributed by atoms with Crippen molar-refractivity contribution in [1.82, 2.24) is 5.32 Å². The number of aliphatic hydroxyl groups excluding tert-OH is 1. The number of ether oxygens (including phenoxy) is 4. The van der Waals surface area contributed by atoms with Crippen LogP contribution < -0.4 is 5.32 Å². The molecular formula is C29H45NO9. The van der Waals surface area contributed by atoms with Crippen molar-refractivity contribution in [2.75, 3.05) is 6.61 Å². The minimum atomic E-state index is -0.919.